The molecule has 0 radical (unpaired) electrons. The summed E-state index contributed by atoms with van der Waals surface area (Å²) >= 11 is 0. The Morgan fingerprint density at radius 1 is 1.43 bits per heavy atom. The van der Waals surface area contributed by atoms with Crippen molar-refractivity contribution in [2.45, 2.75) is 12.8 Å². The van der Waals surface area contributed by atoms with Crippen molar-refractivity contribution in [2.75, 3.05) is 0 Å². The van der Waals surface area contributed by atoms with E-state index in [9.17, 15) is 18.0 Å². The Balaban J connectivity index is 3.26. The number of primary amides is 1. The third-order valence-electron chi connectivity index (χ3n) is 1.84. The van der Waals surface area contributed by atoms with Gasteiger partial charge in [0.2, 0.25) is 0 Å². The first-order chi connectivity index (χ1) is 6.35. The Labute approximate surface area is 78.5 Å². The van der Waals surface area contributed by atoms with Crippen molar-refractivity contribution in [3.05, 3.63) is 35.1 Å². The summed E-state index contributed by atoms with van der Waals surface area (Å²) in [5.41, 5.74) is 3.96. The first-order valence-electron chi connectivity index (χ1n) is 3.80. The number of benzene rings is 1. The summed E-state index contributed by atoms with van der Waals surface area (Å²) in [6.07, 6.45) is 0. The summed E-state index contributed by atoms with van der Waals surface area (Å²) in [7, 11) is 0. The average molecular weight is 203 g/mol. The topological polar surface area (TPSA) is 43.1 Å². The number of amides is 1. The second kappa shape index (κ2) is 3.32. The van der Waals surface area contributed by atoms with Gasteiger partial charge in [-0.2, -0.15) is 8.78 Å². The molecular weight excluding hydrogens is 195 g/mol. The fourth-order valence-corrected chi connectivity index (χ4v) is 1.11. The van der Waals surface area contributed by atoms with Crippen LogP contribution in [0.25, 0.3) is 0 Å². The van der Waals surface area contributed by atoms with Crippen LogP contribution in [0.4, 0.5) is 13.2 Å². The molecule has 0 spiro atoms. The predicted molar refractivity (Wildman–Crippen MR) is 44.2 cm³/mol. The van der Waals surface area contributed by atoms with Gasteiger partial charge in [0.1, 0.15) is 5.82 Å². The second-order valence-electron chi connectivity index (χ2n) is 2.90. The molecule has 14 heavy (non-hydrogen) atoms. The van der Waals surface area contributed by atoms with Crippen LogP contribution in [0.3, 0.4) is 0 Å². The normalized spacial score (nSPS) is 11.4. The second-order valence-corrected chi connectivity index (χ2v) is 2.90. The molecule has 1 amide bonds. The third-order valence-corrected chi connectivity index (χ3v) is 1.84. The molecule has 0 aromatic heterocycles. The lowest BCUT2D eigenvalue weighted by molar-refractivity contribution is -0.143. The van der Waals surface area contributed by atoms with E-state index in [0.717, 1.165) is 18.2 Å². The van der Waals surface area contributed by atoms with Crippen LogP contribution in [0.15, 0.2) is 18.2 Å². The van der Waals surface area contributed by atoms with Gasteiger partial charge in [-0.25, -0.2) is 4.39 Å². The fraction of sp³-hybridized carbons (Fsp3) is 0.222. The molecule has 0 atom stereocenters. The SMILES string of the molecule is Cc1cc(F)ccc1C(F)(F)C(N)=O. The summed E-state index contributed by atoms with van der Waals surface area (Å²) in [6.45, 7) is 1.29. The van der Waals surface area contributed by atoms with Crippen LogP contribution in [0.2, 0.25) is 0 Å². The Morgan fingerprint density at radius 2 is 2.00 bits per heavy atom. The van der Waals surface area contributed by atoms with Crippen LogP contribution in [-0.2, 0) is 10.7 Å². The third kappa shape index (κ3) is 1.71. The molecule has 0 bridgehead atoms. The van der Waals surface area contributed by atoms with Crippen LogP contribution >= 0.6 is 0 Å². The minimum Gasteiger partial charge on any atom is -0.364 e. The lowest BCUT2D eigenvalue weighted by atomic mass is 10.0. The Bertz CT molecular complexity index is 376. The predicted octanol–water partition coefficient (Wildman–Crippen LogP) is 1.71. The number of rotatable bonds is 2. The molecule has 76 valence electrons. The molecule has 0 heterocycles. The van der Waals surface area contributed by atoms with Gasteiger partial charge >= 0.3 is 5.92 Å². The van der Waals surface area contributed by atoms with Crippen LogP contribution in [0, 0.1) is 12.7 Å². The first kappa shape index (κ1) is 10.6. The van der Waals surface area contributed by atoms with E-state index in [1.54, 1.807) is 0 Å². The Kier molecular flexibility index (Phi) is 2.51. The maximum absolute atomic E-state index is 13.1. The molecule has 1 rings (SSSR count). The minimum atomic E-state index is -3.75. The number of alkyl halides is 2. The zero-order valence-corrected chi connectivity index (χ0v) is 7.35. The zero-order valence-electron chi connectivity index (χ0n) is 7.35. The molecule has 2 N–H and O–H groups in total. The molecule has 2 nitrogen and oxygen atoms in total. The smallest absolute Gasteiger partial charge is 0.349 e. The number of hydrogen-bond acceptors (Lipinski definition) is 1. The van der Waals surface area contributed by atoms with E-state index >= 15 is 0 Å². The molecule has 0 saturated carbocycles. The van der Waals surface area contributed by atoms with E-state index in [1.165, 1.54) is 6.92 Å². The molecule has 1 aromatic carbocycles. The first-order valence-corrected chi connectivity index (χ1v) is 3.80. The highest BCUT2D eigenvalue weighted by Gasteiger charge is 2.39. The maximum Gasteiger partial charge on any atom is 0.349 e. The van der Waals surface area contributed by atoms with E-state index in [4.69, 9.17) is 0 Å². The van der Waals surface area contributed by atoms with Crippen LogP contribution in [0.1, 0.15) is 11.1 Å². The standard InChI is InChI=1S/C9H8F3NO/c1-5-4-6(10)2-3-7(5)9(11,12)8(13)14/h2-4H,1H3,(H2,13,14). The van der Waals surface area contributed by atoms with E-state index in [-0.39, 0.29) is 5.56 Å². The summed E-state index contributed by atoms with van der Waals surface area (Å²) in [5, 5.41) is 0. The van der Waals surface area contributed by atoms with Gasteiger partial charge in [0.25, 0.3) is 5.91 Å². The number of halogens is 3. The van der Waals surface area contributed by atoms with Crippen LogP contribution in [-0.4, -0.2) is 5.91 Å². The van der Waals surface area contributed by atoms with Crippen molar-refractivity contribution in [1.29, 1.82) is 0 Å². The number of hydrogen-bond donors (Lipinski definition) is 1. The molecule has 1 aromatic rings. The van der Waals surface area contributed by atoms with Gasteiger partial charge in [-0.3, -0.25) is 4.79 Å². The number of carbonyl (C=O) groups excluding carboxylic acids is 1. The van der Waals surface area contributed by atoms with Crippen molar-refractivity contribution < 1.29 is 18.0 Å². The molecular formula is C9H8F3NO. The van der Waals surface area contributed by atoms with Crippen molar-refractivity contribution in [1.82, 2.24) is 0 Å². The Morgan fingerprint density at radius 3 is 2.43 bits per heavy atom. The monoisotopic (exact) mass is 203 g/mol. The lowest BCUT2D eigenvalue weighted by Gasteiger charge is -2.14. The molecule has 0 saturated heterocycles. The Hall–Kier alpha value is -1.52. The van der Waals surface area contributed by atoms with Gasteiger partial charge in [-0.15, -0.1) is 0 Å². The highest BCUT2D eigenvalue weighted by molar-refractivity contribution is 5.83. The van der Waals surface area contributed by atoms with E-state index in [2.05, 4.69) is 5.73 Å². The van der Waals surface area contributed by atoms with Gasteiger partial charge in [-0.05, 0) is 30.7 Å². The quantitative estimate of drug-likeness (QED) is 0.781. The summed E-state index contributed by atoms with van der Waals surface area (Å²) in [5.74, 6) is -6.13. The van der Waals surface area contributed by atoms with Gasteiger partial charge in [-0.1, -0.05) is 0 Å². The largest absolute Gasteiger partial charge is 0.364 e. The van der Waals surface area contributed by atoms with Gasteiger partial charge in [0.15, 0.2) is 0 Å². The van der Waals surface area contributed by atoms with Crippen molar-refractivity contribution in [3.8, 4) is 0 Å². The highest BCUT2D eigenvalue weighted by Crippen LogP contribution is 2.30. The van der Waals surface area contributed by atoms with Gasteiger partial charge < -0.3 is 5.73 Å². The number of aryl methyl sites for hydroxylation is 1. The molecule has 0 aliphatic rings. The van der Waals surface area contributed by atoms with E-state index < -0.39 is 23.2 Å². The highest BCUT2D eigenvalue weighted by atomic mass is 19.3. The van der Waals surface area contributed by atoms with E-state index in [1.807, 2.05) is 0 Å². The number of nitrogens with two attached hydrogens (primary N) is 1. The number of carbonyl (C=O) groups is 1. The lowest BCUT2D eigenvalue weighted by Crippen LogP contribution is -2.33. The molecule has 0 aliphatic carbocycles. The summed E-state index contributed by atoms with van der Waals surface area (Å²) in [4.78, 5) is 10.4. The van der Waals surface area contributed by atoms with E-state index in [0.29, 0.717) is 0 Å². The average Bonchev–Trinajstić information content (AvgIpc) is 2.02. The minimum absolute atomic E-state index is 0.00574. The van der Waals surface area contributed by atoms with Crippen LogP contribution in [0.5, 0.6) is 0 Å². The molecule has 0 unspecified atom stereocenters. The van der Waals surface area contributed by atoms with Gasteiger partial charge in [0.05, 0.1) is 0 Å². The molecule has 5 heteroatoms. The molecule has 0 fully saturated rings. The molecule has 0 aliphatic heterocycles. The van der Waals surface area contributed by atoms with Crippen LogP contribution < -0.4 is 5.73 Å². The van der Waals surface area contributed by atoms with Crippen molar-refractivity contribution in [2.24, 2.45) is 5.73 Å². The van der Waals surface area contributed by atoms with Crippen molar-refractivity contribution in [3.63, 3.8) is 0 Å². The maximum atomic E-state index is 13.1. The summed E-state index contributed by atoms with van der Waals surface area (Å²) in [6, 6.07) is 2.64. The summed E-state index contributed by atoms with van der Waals surface area (Å²) < 4.78 is 38.7. The van der Waals surface area contributed by atoms with Gasteiger partial charge in [0, 0.05) is 5.56 Å². The zero-order chi connectivity index (χ0) is 10.9. The fourth-order valence-electron chi connectivity index (χ4n) is 1.11. The van der Waals surface area contributed by atoms with Crippen molar-refractivity contribution >= 4 is 5.91 Å².